The van der Waals surface area contributed by atoms with E-state index in [0.717, 1.165) is 16.5 Å². The van der Waals surface area contributed by atoms with Gasteiger partial charge in [0.05, 0.1) is 11.9 Å². The van der Waals surface area contributed by atoms with Crippen molar-refractivity contribution < 1.29 is 9.18 Å². The maximum absolute atomic E-state index is 13.1. The molecule has 0 saturated heterocycles. The van der Waals surface area contributed by atoms with Crippen LogP contribution < -0.4 is 5.32 Å². The van der Waals surface area contributed by atoms with Gasteiger partial charge >= 0.3 is 0 Å². The maximum Gasteiger partial charge on any atom is 0.224 e. The van der Waals surface area contributed by atoms with Crippen LogP contribution in [0.3, 0.4) is 0 Å². The minimum Gasteiger partial charge on any atom is -0.352 e. The van der Waals surface area contributed by atoms with Gasteiger partial charge in [0.1, 0.15) is 5.82 Å². The second-order valence-corrected chi connectivity index (χ2v) is 5.07. The molecule has 2 aromatic carbocycles. The zero-order valence-corrected chi connectivity index (χ0v) is 11.9. The molecule has 3 aromatic rings. The molecule has 3 nitrogen and oxygen atoms in total. The molecule has 3 rings (SSSR count). The molecule has 0 atom stereocenters. The zero-order valence-electron chi connectivity index (χ0n) is 11.9. The minimum absolute atomic E-state index is 0.133. The predicted octanol–water partition coefficient (Wildman–Crippen LogP) is 3.23. The number of fused-ring (bicyclic) bond motifs is 1. The van der Waals surface area contributed by atoms with E-state index in [2.05, 4.69) is 10.3 Å². The van der Waals surface area contributed by atoms with Crippen LogP contribution >= 0.6 is 0 Å². The Kier molecular flexibility index (Phi) is 4.10. The van der Waals surface area contributed by atoms with Crippen molar-refractivity contribution in [2.24, 2.45) is 0 Å². The van der Waals surface area contributed by atoms with E-state index in [1.807, 2.05) is 30.3 Å². The van der Waals surface area contributed by atoms with Gasteiger partial charge in [0.15, 0.2) is 0 Å². The van der Waals surface area contributed by atoms with Crippen molar-refractivity contribution in [3.8, 4) is 0 Å². The van der Waals surface area contributed by atoms with Crippen molar-refractivity contribution in [2.45, 2.75) is 13.0 Å². The predicted molar refractivity (Wildman–Crippen MR) is 83.7 cm³/mol. The lowest BCUT2D eigenvalue weighted by Crippen LogP contribution is -2.24. The molecule has 22 heavy (non-hydrogen) atoms. The molecule has 1 amide bonds. The summed E-state index contributed by atoms with van der Waals surface area (Å²) < 4.78 is 13.1. The molecule has 1 aromatic heterocycles. The molecule has 0 aliphatic heterocycles. The van der Waals surface area contributed by atoms with Gasteiger partial charge < -0.3 is 5.32 Å². The molecule has 0 radical (unpaired) electrons. The van der Waals surface area contributed by atoms with E-state index in [1.54, 1.807) is 18.3 Å². The quantitative estimate of drug-likeness (QED) is 0.802. The average molecular weight is 294 g/mol. The van der Waals surface area contributed by atoms with Crippen LogP contribution in [-0.4, -0.2) is 10.9 Å². The molecule has 1 N–H and O–H groups in total. The highest BCUT2D eigenvalue weighted by molar-refractivity contribution is 5.83. The summed E-state index contributed by atoms with van der Waals surface area (Å²) in [6.45, 7) is 0.428. The summed E-state index contributed by atoms with van der Waals surface area (Å²) in [5.41, 5.74) is 2.58. The number of aromatic nitrogens is 1. The van der Waals surface area contributed by atoms with Crippen LogP contribution in [0.2, 0.25) is 0 Å². The van der Waals surface area contributed by atoms with Gasteiger partial charge in [0, 0.05) is 18.1 Å². The normalized spacial score (nSPS) is 10.6. The molecule has 0 spiro atoms. The molecule has 0 fully saturated rings. The van der Waals surface area contributed by atoms with E-state index >= 15 is 0 Å². The van der Waals surface area contributed by atoms with Gasteiger partial charge in [0.25, 0.3) is 0 Å². The van der Waals surface area contributed by atoms with Crippen LogP contribution in [0.1, 0.15) is 11.1 Å². The zero-order chi connectivity index (χ0) is 15.4. The highest BCUT2D eigenvalue weighted by atomic mass is 19.1. The van der Waals surface area contributed by atoms with Gasteiger partial charge in [-0.15, -0.1) is 0 Å². The van der Waals surface area contributed by atoms with Crippen LogP contribution in [0.4, 0.5) is 4.39 Å². The number of carbonyl (C=O) groups excluding carboxylic acids is 1. The van der Waals surface area contributed by atoms with Crippen LogP contribution in [0.15, 0.2) is 60.8 Å². The molecule has 0 bridgehead atoms. The molecular formula is C18H15FN2O. The largest absolute Gasteiger partial charge is 0.352 e. The minimum atomic E-state index is -0.328. The van der Waals surface area contributed by atoms with Crippen molar-refractivity contribution in [2.75, 3.05) is 0 Å². The summed E-state index contributed by atoms with van der Waals surface area (Å²) in [7, 11) is 0. The second kappa shape index (κ2) is 6.35. The number of nitrogens with zero attached hydrogens (tertiary/aromatic N) is 1. The Labute approximate surface area is 127 Å². The summed E-state index contributed by atoms with van der Waals surface area (Å²) >= 11 is 0. The van der Waals surface area contributed by atoms with Crippen LogP contribution in [0, 0.1) is 5.82 Å². The third-order valence-electron chi connectivity index (χ3n) is 3.47. The van der Waals surface area contributed by atoms with Crippen molar-refractivity contribution in [1.82, 2.24) is 10.3 Å². The van der Waals surface area contributed by atoms with E-state index in [4.69, 9.17) is 0 Å². The number of carbonyl (C=O) groups is 1. The molecule has 0 saturated carbocycles. The van der Waals surface area contributed by atoms with E-state index in [0.29, 0.717) is 12.1 Å². The Morgan fingerprint density at radius 1 is 1.09 bits per heavy atom. The Morgan fingerprint density at radius 3 is 2.82 bits per heavy atom. The Morgan fingerprint density at radius 2 is 1.95 bits per heavy atom. The summed E-state index contributed by atoms with van der Waals surface area (Å²) in [5, 5.41) is 3.89. The summed E-state index contributed by atoms with van der Waals surface area (Å²) in [6.07, 6.45) is 1.90. The monoisotopic (exact) mass is 294 g/mol. The number of rotatable bonds is 4. The Balaban J connectivity index is 1.68. The fourth-order valence-corrected chi connectivity index (χ4v) is 2.40. The van der Waals surface area contributed by atoms with Gasteiger partial charge in [-0.2, -0.15) is 0 Å². The molecule has 1 heterocycles. The number of hydrogen-bond donors (Lipinski definition) is 1. The topological polar surface area (TPSA) is 42.0 Å². The standard InChI is InChI=1S/C18H15FN2O/c19-15-5-3-4-13(10-15)11-18(22)21-12-14-8-9-20-17-7-2-1-6-16(14)17/h1-10H,11-12H2,(H,21,22). The number of halogens is 1. The van der Waals surface area contributed by atoms with Crippen LogP contribution in [-0.2, 0) is 17.8 Å². The Hall–Kier alpha value is -2.75. The SMILES string of the molecule is O=C(Cc1cccc(F)c1)NCc1ccnc2ccccc12. The summed E-state index contributed by atoms with van der Waals surface area (Å²) in [5.74, 6) is -0.461. The summed E-state index contributed by atoms with van der Waals surface area (Å²) in [4.78, 5) is 16.3. The van der Waals surface area contributed by atoms with Gasteiger partial charge in [0.2, 0.25) is 5.91 Å². The van der Waals surface area contributed by atoms with Gasteiger partial charge in [-0.05, 0) is 35.4 Å². The van der Waals surface area contributed by atoms with Crippen LogP contribution in [0.5, 0.6) is 0 Å². The lowest BCUT2D eigenvalue weighted by molar-refractivity contribution is -0.120. The van der Waals surface area contributed by atoms with E-state index in [-0.39, 0.29) is 18.1 Å². The highest BCUT2D eigenvalue weighted by Gasteiger charge is 2.06. The van der Waals surface area contributed by atoms with Crippen molar-refractivity contribution in [3.05, 3.63) is 77.7 Å². The third kappa shape index (κ3) is 3.28. The number of hydrogen-bond acceptors (Lipinski definition) is 2. The van der Waals surface area contributed by atoms with Crippen molar-refractivity contribution in [3.63, 3.8) is 0 Å². The second-order valence-electron chi connectivity index (χ2n) is 5.07. The lowest BCUT2D eigenvalue weighted by Gasteiger charge is -2.08. The summed E-state index contributed by atoms with van der Waals surface area (Å²) in [6, 6.07) is 15.8. The van der Waals surface area contributed by atoms with Gasteiger partial charge in [-0.25, -0.2) is 4.39 Å². The van der Waals surface area contributed by atoms with Crippen molar-refractivity contribution >= 4 is 16.8 Å². The molecule has 4 heteroatoms. The first-order valence-electron chi connectivity index (χ1n) is 7.06. The number of benzene rings is 2. The number of para-hydroxylation sites is 1. The fraction of sp³-hybridized carbons (Fsp3) is 0.111. The maximum atomic E-state index is 13.1. The van der Waals surface area contributed by atoms with Crippen LogP contribution in [0.25, 0.3) is 10.9 Å². The molecule has 110 valence electrons. The highest BCUT2D eigenvalue weighted by Crippen LogP contribution is 2.15. The van der Waals surface area contributed by atoms with E-state index in [1.165, 1.54) is 12.1 Å². The Bertz CT molecular complexity index is 812. The molecule has 0 aliphatic rings. The molecular weight excluding hydrogens is 279 g/mol. The number of amides is 1. The smallest absolute Gasteiger partial charge is 0.224 e. The first-order valence-corrected chi connectivity index (χ1v) is 7.06. The molecule has 0 aliphatic carbocycles. The first-order chi connectivity index (χ1) is 10.7. The van der Waals surface area contributed by atoms with Gasteiger partial charge in [-0.1, -0.05) is 30.3 Å². The third-order valence-corrected chi connectivity index (χ3v) is 3.47. The number of pyridine rings is 1. The fourth-order valence-electron chi connectivity index (χ4n) is 2.40. The van der Waals surface area contributed by atoms with E-state index < -0.39 is 0 Å². The number of nitrogens with one attached hydrogen (secondary N) is 1. The van der Waals surface area contributed by atoms with E-state index in [9.17, 15) is 9.18 Å². The average Bonchev–Trinajstić information content (AvgIpc) is 2.53. The lowest BCUT2D eigenvalue weighted by atomic mass is 10.1. The molecule has 0 unspecified atom stereocenters. The van der Waals surface area contributed by atoms with Crippen molar-refractivity contribution in [1.29, 1.82) is 0 Å². The first kappa shape index (κ1) is 14.2. The van der Waals surface area contributed by atoms with Gasteiger partial charge in [-0.3, -0.25) is 9.78 Å².